The smallest absolute Gasteiger partial charge is 0.335 e. The summed E-state index contributed by atoms with van der Waals surface area (Å²) in [6.07, 6.45) is 3.70. The number of hydrogen-bond acceptors (Lipinski definition) is 8. The Hall–Kier alpha value is -3.73. The van der Waals surface area contributed by atoms with E-state index in [0.717, 1.165) is 60.9 Å². The van der Waals surface area contributed by atoms with Crippen molar-refractivity contribution in [2.45, 2.75) is 44.7 Å². The number of benzene rings is 1. The monoisotopic (exact) mass is 548 g/mol. The van der Waals surface area contributed by atoms with Crippen molar-refractivity contribution in [1.82, 2.24) is 24.4 Å². The van der Waals surface area contributed by atoms with Crippen LogP contribution in [0.1, 0.15) is 34.7 Å². The van der Waals surface area contributed by atoms with Crippen LogP contribution in [0.2, 0.25) is 5.02 Å². The fourth-order valence-electron chi connectivity index (χ4n) is 4.98. The Morgan fingerprint density at radius 1 is 1.18 bits per heavy atom. The molecule has 1 aromatic carbocycles. The molecule has 2 aliphatic rings. The lowest BCUT2D eigenvalue weighted by Gasteiger charge is -2.28. The standard InChI is InChI=1S/C28H29ClN6O4/c29-19-5-6-21(30-13-19)17-39-27-3-1-2-25(33-27)31-20-8-10-34(14-20)16-26-32-23-7-4-18(28(36)37)12-24(23)35(26)15-22-9-11-38-22/h1-7,12-13,20,22H,8-11,14-17H2,(H,31,33)(H,36,37). The number of fused-ring (bicyclic) bond motifs is 1. The molecule has 2 atom stereocenters. The summed E-state index contributed by atoms with van der Waals surface area (Å²) in [6, 6.07) is 14.6. The fraction of sp³-hybridized carbons (Fsp3) is 0.357. The summed E-state index contributed by atoms with van der Waals surface area (Å²) in [5.74, 6) is 1.27. The lowest BCUT2D eigenvalue weighted by atomic mass is 10.1. The minimum absolute atomic E-state index is 0.138. The molecule has 5 heterocycles. The first-order valence-corrected chi connectivity index (χ1v) is 13.4. The highest BCUT2D eigenvalue weighted by Crippen LogP contribution is 2.25. The number of anilines is 1. The van der Waals surface area contributed by atoms with Gasteiger partial charge in [0.05, 0.1) is 46.5 Å². The molecular weight excluding hydrogens is 520 g/mol. The van der Waals surface area contributed by atoms with Crippen molar-refractivity contribution < 1.29 is 19.4 Å². The van der Waals surface area contributed by atoms with Gasteiger partial charge in [0.2, 0.25) is 5.88 Å². The third-order valence-electron chi connectivity index (χ3n) is 7.12. The predicted octanol–water partition coefficient (Wildman–Crippen LogP) is 4.23. The number of imidazole rings is 1. The second-order valence-corrected chi connectivity index (χ2v) is 10.3. The van der Waals surface area contributed by atoms with E-state index >= 15 is 0 Å². The zero-order chi connectivity index (χ0) is 26.8. The van der Waals surface area contributed by atoms with Gasteiger partial charge in [-0.15, -0.1) is 0 Å². The molecule has 0 amide bonds. The SMILES string of the molecule is O=C(O)c1ccc2nc(CN3CCC(Nc4cccc(OCc5ccc(Cl)cn5)n4)C3)n(CC3CCO3)c2c1. The number of likely N-dealkylation sites (tertiary alicyclic amines) is 1. The van der Waals surface area contributed by atoms with Gasteiger partial charge in [-0.2, -0.15) is 4.98 Å². The van der Waals surface area contributed by atoms with Crippen molar-refractivity contribution in [3.8, 4) is 5.88 Å². The van der Waals surface area contributed by atoms with Crippen LogP contribution in [-0.4, -0.2) is 67.3 Å². The first kappa shape index (κ1) is 25.5. The zero-order valence-corrected chi connectivity index (χ0v) is 22.0. The maximum Gasteiger partial charge on any atom is 0.335 e. The normalized spacial score (nSPS) is 19.2. The number of carboxylic acids is 1. The van der Waals surface area contributed by atoms with E-state index in [4.69, 9.17) is 26.1 Å². The Balaban J connectivity index is 1.10. The summed E-state index contributed by atoms with van der Waals surface area (Å²) in [4.78, 5) is 27.7. The lowest BCUT2D eigenvalue weighted by Crippen LogP contribution is -2.33. The minimum atomic E-state index is -0.940. The summed E-state index contributed by atoms with van der Waals surface area (Å²) in [6.45, 7) is 4.18. The zero-order valence-electron chi connectivity index (χ0n) is 21.3. The van der Waals surface area contributed by atoms with Crippen molar-refractivity contribution in [2.75, 3.05) is 25.0 Å². The molecular formula is C28H29ClN6O4. The molecule has 0 radical (unpaired) electrons. The molecule has 11 heteroatoms. The molecule has 2 aliphatic heterocycles. The first-order chi connectivity index (χ1) is 19.0. The van der Waals surface area contributed by atoms with E-state index in [1.165, 1.54) is 0 Å². The van der Waals surface area contributed by atoms with Gasteiger partial charge in [0.15, 0.2) is 0 Å². The summed E-state index contributed by atoms with van der Waals surface area (Å²) in [5.41, 5.74) is 2.68. The molecule has 10 nitrogen and oxygen atoms in total. The van der Waals surface area contributed by atoms with Crippen molar-refractivity contribution in [2.24, 2.45) is 0 Å². The predicted molar refractivity (Wildman–Crippen MR) is 146 cm³/mol. The van der Waals surface area contributed by atoms with Crippen LogP contribution in [0.25, 0.3) is 11.0 Å². The number of halogens is 1. The van der Waals surface area contributed by atoms with Gasteiger partial charge in [-0.05, 0) is 49.2 Å². The number of nitrogens with one attached hydrogen (secondary N) is 1. The molecule has 39 heavy (non-hydrogen) atoms. The Bertz CT molecular complexity index is 1470. The van der Waals surface area contributed by atoms with Gasteiger partial charge in [-0.3, -0.25) is 9.88 Å². The Morgan fingerprint density at radius 2 is 2.08 bits per heavy atom. The number of carbonyl (C=O) groups is 1. The van der Waals surface area contributed by atoms with E-state index in [1.807, 2.05) is 24.3 Å². The molecule has 2 N–H and O–H groups in total. The molecule has 4 aromatic rings. The van der Waals surface area contributed by atoms with Crippen molar-refractivity contribution in [1.29, 1.82) is 0 Å². The molecule has 0 aliphatic carbocycles. The number of carboxylic acid groups (broad SMARTS) is 1. The van der Waals surface area contributed by atoms with E-state index < -0.39 is 5.97 Å². The van der Waals surface area contributed by atoms with Gasteiger partial charge >= 0.3 is 5.97 Å². The molecule has 2 fully saturated rings. The number of pyridine rings is 2. The van der Waals surface area contributed by atoms with Crippen LogP contribution in [0.5, 0.6) is 5.88 Å². The topological polar surface area (TPSA) is 115 Å². The van der Waals surface area contributed by atoms with E-state index in [1.54, 1.807) is 30.5 Å². The number of nitrogens with zero attached hydrogens (tertiary/aromatic N) is 5. The second-order valence-electron chi connectivity index (χ2n) is 9.91. The average Bonchev–Trinajstić information content (AvgIpc) is 3.49. The second kappa shape index (κ2) is 11.2. The number of aromatic nitrogens is 4. The van der Waals surface area contributed by atoms with E-state index in [9.17, 15) is 9.90 Å². The van der Waals surface area contributed by atoms with Gasteiger partial charge in [-0.1, -0.05) is 17.7 Å². The Kier molecular flexibility index (Phi) is 7.32. The van der Waals surface area contributed by atoms with Crippen molar-refractivity contribution in [3.05, 3.63) is 76.8 Å². The minimum Gasteiger partial charge on any atom is -0.478 e. The maximum atomic E-state index is 11.6. The summed E-state index contributed by atoms with van der Waals surface area (Å²) in [5, 5.41) is 13.6. The van der Waals surface area contributed by atoms with Crippen LogP contribution < -0.4 is 10.1 Å². The van der Waals surface area contributed by atoms with Gasteiger partial charge in [0, 0.05) is 38.0 Å². The molecule has 2 unspecified atom stereocenters. The highest BCUT2D eigenvalue weighted by atomic mass is 35.5. The maximum absolute atomic E-state index is 11.6. The summed E-state index contributed by atoms with van der Waals surface area (Å²) < 4.78 is 13.6. The Labute approximate surface area is 230 Å². The third-order valence-corrected chi connectivity index (χ3v) is 7.35. The summed E-state index contributed by atoms with van der Waals surface area (Å²) >= 11 is 5.90. The Morgan fingerprint density at radius 3 is 2.85 bits per heavy atom. The quantitative estimate of drug-likeness (QED) is 0.300. The first-order valence-electron chi connectivity index (χ1n) is 13.0. The van der Waals surface area contributed by atoms with Gasteiger partial charge < -0.3 is 24.5 Å². The average molecular weight is 549 g/mol. The lowest BCUT2D eigenvalue weighted by molar-refractivity contribution is -0.0591. The molecule has 0 bridgehead atoms. The van der Waals surface area contributed by atoms with E-state index in [2.05, 4.69) is 24.8 Å². The van der Waals surface area contributed by atoms with Gasteiger partial charge in [-0.25, -0.2) is 9.78 Å². The van der Waals surface area contributed by atoms with Crippen LogP contribution in [-0.2, 0) is 24.4 Å². The van der Waals surface area contributed by atoms with Gasteiger partial charge in [0.25, 0.3) is 0 Å². The highest BCUT2D eigenvalue weighted by molar-refractivity contribution is 6.30. The van der Waals surface area contributed by atoms with Crippen molar-refractivity contribution in [3.63, 3.8) is 0 Å². The molecule has 3 aromatic heterocycles. The molecule has 0 spiro atoms. The summed E-state index contributed by atoms with van der Waals surface area (Å²) in [7, 11) is 0. The van der Waals surface area contributed by atoms with Gasteiger partial charge in [0.1, 0.15) is 18.2 Å². The van der Waals surface area contributed by atoms with Crippen LogP contribution >= 0.6 is 11.6 Å². The molecule has 6 rings (SSSR count). The number of rotatable bonds is 10. The highest BCUT2D eigenvalue weighted by Gasteiger charge is 2.27. The van der Waals surface area contributed by atoms with Crippen LogP contribution in [0.3, 0.4) is 0 Å². The van der Waals surface area contributed by atoms with Crippen LogP contribution in [0.4, 0.5) is 5.82 Å². The fourth-order valence-corrected chi connectivity index (χ4v) is 5.09. The molecule has 2 saturated heterocycles. The van der Waals surface area contributed by atoms with Crippen molar-refractivity contribution >= 4 is 34.4 Å². The van der Waals surface area contributed by atoms with Crippen LogP contribution in [0, 0.1) is 0 Å². The van der Waals surface area contributed by atoms with Crippen LogP contribution in [0.15, 0.2) is 54.7 Å². The number of aromatic carboxylic acids is 1. The molecule has 0 saturated carbocycles. The number of ether oxygens (including phenoxy) is 2. The third kappa shape index (κ3) is 5.98. The van der Waals surface area contributed by atoms with E-state index in [0.29, 0.717) is 30.6 Å². The van der Waals surface area contributed by atoms with E-state index in [-0.39, 0.29) is 17.7 Å². The number of hydrogen-bond donors (Lipinski definition) is 2. The largest absolute Gasteiger partial charge is 0.478 e. The molecule has 202 valence electrons.